The summed E-state index contributed by atoms with van der Waals surface area (Å²) in [7, 11) is -3.90. The minimum Gasteiger partial charge on any atom is -0.310 e. The van der Waals surface area contributed by atoms with Crippen LogP contribution in [-0.4, -0.2) is 31.3 Å². The zero-order valence-electron chi connectivity index (χ0n) is 13.0. The highest BCUT2D eigenvalue weighted by molar-refractivity contribution is 7.85. The van der Waals surface area contributed by atoms with Crippen LogP contribution < -0.4 is 5.32 Å². The molecule has 0 aliphatic heterocycles. The Morgan fingerprint density at radius 2 is 1.91 bits per heavy atom. The van der Waals surface area contributed by atoms with E-state index < -0.39 is 10.1 Å². The maximum Gasteiger partial charge on any atom is 0.264 e. The van der Waals surface area contributed by atoms with Crippen molar-refractivity contribution >= 4 is 16.2 Å². The molecule has 0 radical (unpaired) electrons. The number of halogens is 1. The third-order valence-electron chi connectivity index (χ3n) is 3.10. The molecule has 0 bridgehead atoms. The van der Waals surface area contributed by atoms with Gasteiger partial charge in [-0.05, 0) is 43.0 Å². The van der Waals surface area contributed by atoms with Crippen molar-refractivity contribution in [2.24, 2.45) is 5.92 Å². The highest BCUT2D eigenvalue weighted by Crippen LogP contribution is 2.10. The van der Waals surface area contributed by atoms with Crippen molar-refractivity contribution in [1.29, 1.82) is 0 Å². The molecule has 6 heteroatoms. The summed E-state index contributed by atoms with van der Waals surface area (Å²) in [5.41, 5.74) is 0.912. The van der Waals surface area contributed by atoms with Gasteiger partial charge in [0.05, 0.1) is 5.75 Å². The van der Waals surface area contributed by atoms with E-state index >= 15 is 0 Å². The standard InChI is InChI=1S/C16H24FNO3S/c1-13(2)12-16(18-10-3-11-22(19,20)21)9-6-14-4-7-15(17)8-5-14/h4-9,13,16,18H,3,10-12H2,1-2H3,(H,19,20,21)/t16-/m1/s1. The summed E-state index contributed by atoms with van der Waals surface area (Å²) in [6.45, 7) is 4.72. The molecule has 1 rings (SSSR count). The van der Waals surface area contributed by atoms with Crippen LogP contribution in [0.5, 0.6) is 0 Å². The second-order valence-electron chi connectivity index (χ2n) is 5.74. The molecule has 1 aromatic rings. The summed E-state index contributed by atoms with van der Waals surface area (Å²) in [6, 6.07) is 6.34. The zero-order valence-corrected chi connectivity index (χ0v) is 13.8. The molecule has 0 spiro atoms. The second-order valence-corrected chi connectivity index (χ2v) is 7.31. The number of rotatable bonds is 9. The molecule has 0 aliphatic carbocycles. The van der Waals surface area contributed by atoms with Gasteiger partial charge in [-0.2, -0.15) is 8.42 Å². The van der Waals surface area contributed by atoms with Crippen LogP contribution in [0, 0.1) is 11.7 Å². The lowest BCUT2D eigenvalue weighted by Crippen LogP contribution is -2.30. The highest BCUT2D eigenvalue weighted by atomic mass is 32.2. The third-order valence-corrected chi connectivity index (χ3v) is 3.91. The van der Waals surface area contributed by atoms with E-state index in [1.54, 1.807) is 12.1 Å². The second kappa shape index (κ2) is 9.02. The van der Waals surface area contributed by atoms with E-state index in [-0.39, 0.29) is 17.6 Å². The van der Waals surface area contributed by atoms with Crippen molar-refractivity contribution in [3.05, 3.63) is 41.7 Å². The number of benzene rings is 1. The Morgan fingerprint density at radius 3 is 2.45 bits per heavy atom. The van der Waals surface area contributed by atoms with Crippen molar-refractivity contribution in [3.8, 4) is 0 Å². The van der Waals surface area contributed by atoms with Gasteiger partial charge in [-0.25, -0.2) is 4.39 Å². The molecule has 0 aromatic heterocycles. The zero-order chi connectivity index (χ0) is 16.6. The lowest BCUT2D eigenvalue weighted by atomic mass is 10.0. The van der Waals surface area contributed by atoms with E-state index in [0.717, 1.165) is 12.0 Å². The van der Waals surface area contributed by atoms with Crippen molar-refractivity contribution in [2.75, 3.05) is 12.3 Å². The van der Waals surface area contributed by atoms with Gasteiger partial charge in [0.15, 0.2) is 0 Å². The molecule has 1 atom stereocenters. The van der Waals surface area contributed by atoms with Crippen LogP contribution in [0.3, 0.4) is 0 Å². The maximum atomic E-state index is 12.9. The summed E-state index contributed by atoms with van der Waals surface area (Å²) >= 11 is 0. The fourth-order valence-electron chi connectivity index (χ4n) is 2.08. The fourth-order valence-corrected chi connectivity index (χ4v) is 2.59. The van der Waals surface area contributed by atoms with Gasteiger partial charge in [-0.3, -0.25) is 4.55 Å². The van der Waals surface area contributed by atoms with E-state index in [1.807, 2.05) is 12.2 Å². The van der Waals surface area contributed by atoms with E-state index in [9.17, 15) is 12.8 Å². The van der Waals surface area contributed by atoms with Gasteiger partial charge in [-0.1, -0.05) is 38.1 Å². The van der Waals surface area contributed by atoms with Crippen LogP contribution in [0.1, 0.15) is 32.3 Å². The van der Waals surface area contributed by atoms with Crippen LogP contribution in [0.4, 0.5) is 4.39 Å². The molecule has 0 unspecified atom stereocenters. The minimum absolute atomic E-state index is 0.103. The number of hydrogen-bond donors (Lipinski definition) is 2. The van der Waals surface area contributed by atoms with Crippen LogP contribution in [0.2, 0.25) is 0 Å². The minimum atomic E-state index is -3.90. The first kappa shape index (κ1) is 18.8. The smallest absolute Gasteiger partial charge is 0.264 e. The lowest BCUT2D eigenvalue weighted by Gasteiger charge is -2.17. The SMILES string of the molecule is CC(C)C[C@@H](C=Cc1ccc(F)cc1)NCCCS(=O)(=O)O. The quantitative estimate of drug-likeness (QED) is 0.539. The average Bonchev–Trinajstić information content (AvgIpc) is 2.40. The highest BCUT2D eigenvalue weighted by Gasteiger charge is 2.08. The summed E-state index contributed by atoms with van der Waals surface area (Å²) < 4.78 is 42.9. The summed E-state index contributed by atoms with van der Waals surface area (Å²) in [5, 5.41) is 3.27. The van der Waals surface area contributed by atoms with E-state index in [1.165, 1.54) is 12.1 Å². The van der Waals surface area contributed by atoms with Crippen LogP contribution in [0.15, 0.2) is 30.3 Å². The Bertz CT molecular complexity index is 568. The molecule has 1 aromatic carbocycles. The van der Waals surface area contributed by atoms with Gasteiger partial charge < -0.3 is 5.32 Å². The third kappa shape index (κ3) is 8.92. The Kier molecular flexibility index (Phi) is 7.72. The van der Waals surface area contributed by atoms with Crippen molar-refractivity contribution in [2.45, 2.75) is 32.7 Å². The largest absolute Gasteiger partial charge is 0.310 e. The van der Waals surface area contributed by atoms with E-state index in [4.69, 9.17) is 4.55 Å². The molecule has 2 N–H and O–H groups in total. The summed E-state index contributed by atoms with van der Waals surface area (Å²) in [6.07, 6.45) is 5.18. The van der Waals surface area contributed by atoms with Crippen molar-refractivity contribution < 1.29 is 17.4 Å². The normalized spacial score (nSPS) is 13.9. The van der Waals surface area contributed by atoms with Gasteiger partial charge in [0.2, 0.25) is 0 Å². The van der Waals surface area contributed by atoms with Gasteiger partial charge in [0.25, 0.3) is 10.1 Å². The molecular weight excluding hydrogens is 305 g/mol. The van der Waals surface area contributed by atoms with Gasteiger partial charge in [-0.15, -0.1) is 0 Å². The molecule has 0 aliphatic rings. The molecule has 0 saturated heterocycles. The lowest BCUT2D eigenvalue weighted by molar-refractivity contribution is 0.462. The Labute approximate surface area is 132 Å². The van der Waals surface area contributed by atoms with Crippen LogP contribution >= 0.6 is 0 Å². The molecule has 124 valence electrons. The Balaban J connectivity index is 2.54. The fraction of sp³-hybridized carbons (Fsp3) is 0.500. The maximum absolute atomic E-state index is 12.9. The first-order valence-electron chi connectivity index (χ1n) is 7.38. The average molecular weight is 329 g/mol. The monoisotopic (exact) mass is 329 g/mol. The van der Waals surface area contributed by atoms with Gasteiger partial charge in [0.1, 0.15) is 5.82 Å². The van der Waals surface area contributed by atoms with Crippen molar-refractivity contribution in [3.63, 3.8) is 0 Å². The topological polar surface area (TPSA) is 66.4 Å². The predicted octanol–water partition coefficient (Wildman–Crippen LogP) is 3.12. The molecule has 0 fully saturated rings. The first-order chi connectivity index (χ1) is 10.3. The molecule has 0 amide bonds. The van der Waals surface area contributed by atoms with E-state index in [2.05, 4.69) is 19.2 Å². The van der Waals surface area contributed by atoms with Gasteiger partial charge >= 0.3 is 0 Å². The Morgan fingerprint density at radius 1 is 1.27 bits per heavy atom. The molecule has 22 heavy (non-hydrogen) atoms. The first-order valence-corrected chi connectivity index (χ1v) is 8.99. The summed E-state index contributed by atoms with van der Waals surface area (Å²) in [4.78, 5) is 0. The molecule has 0 saturated carbocycles. The number of hydrogen-bond acceptors (Lipinski definition) is 3. The van der Waals surface area contributed by atoms with Crippen LogP contribution in [0.25, 0.3) is 6.08 Å². The predicted molar refractivity (Wildman–Crippen MR) is 87.7 cm³/mol. The van der Waals surface area contributed by atoms with Crippen molar-refractivity contribution in [1.82, 2.24) is 5.32 Å². The molecular formula is C16H24FNO3S. The van der Waals surface area contributed by atoms with Crippen LogP contribution in [-0.2, 0) is 10.1 Å². The van der Waals surface area contributed by atoms with E-state index in [0.29, 0.717) is 18.9 Å². The van der Waals surface area contributed by atoms with Gasteiger partial charge in [0, 0.05) is 6.04 Å². The molecule has 0 heterocycles. The Hall–Kier alpha value is -1.24. The molecule has 4 nitrogen and oxygen atoms in total. The number of nitrogens with one attached hydrogen (secondary N) is 1. The summed E-state index contributed by atoms with van der Waals surface area (Å²) in [5.74, 6) is -0.0213.